The van der Waals surface area contributed by atoms with Crippen molar-refractivity contribution in [1.82, 2.24) is 20.0 Å². The molecule has 2 saturated heterocycles. The van der Waals surface area contributed by atoms with Crippen LogP contribution in [0.25, 0.3) is 0 Å². The quantitative estimate of drug-likeness (QED) is 0.179. The summed E-state index contributed by atoms with van der Waals surface area (Å²) in [6, 6.07) is 0. The van der Waals surface area contributed by atoms with E-state index < -0.39 is 4.92 Å². The second-order valence-electron chi connectivity index (χ2n) is 7.46. The number of guanidine groups is 1. The molecule has 3 rings (SSSR count). The van der Waals surface area contributed by atoms with Crippen molar-refractivity contribution in [2.75, 3.05) is 39.4 Å². The van der Waals surface area contributed by atoms with E-state index in [4.69, 9.17) is 9.47 Å². The van der Waals surface area contributed by atoms with Crippen LogP contribution >= 0.6 is 24.0 Å². The van der Waals surface area contributed by atoms with Crippen LogP contribution in [0.2, 0.25) is 0 Å². The molecular formula is C19H33IN6O4. The van der Waals surface area contributed by atoms with Crippen molar-refractivity contribution in [2.45, 2.75) is 57.8 Å². The lowest BCUT2D eigenvalue weighted by molar-refractivity contribution is -0.385. The van der Waals surface area contributed by atoms with Crippen LogP contribution in [-0.4, -0.2) is 77.2 Å². The number of rotatable bonds is 8. The summed E-state index contributed by atoms with van der Waals surface area (Å²) in [4.78, 5) is 17.2. The smallest absolute Gasteiger partial charge is 0.306 e. The molecule has 11 heteroatoms. The summed E-state index contributed by atoms with van der Waals surface area (Å²) < 4.78 is 13.4. The van der Waals surface area contributed by atoms with Crippen LogP contribution in [0, 0.1) is 10.1 Å². The maximum Gasteiger partial charge on any atom is 0.306 e. The van der Waals surface area contributed by atoms with Gasteiger partial charge in [0.05, 0.1) is 36.8 Å². The molecule has 1 aromatic rings. The Morgan fingerprint density at radius 2 is 2.20 bits per heavy atom. The van der Waals surface area contributed by atoms with Gasteiger partial charge in [-0.3, -0.25) is 19.8 Å². The summed E-state index contributed by atoms with van der Waals surface area (Å²) in [6.07, 6.45) is 8.70. The summed E-state index contributed by atoms with van der Waals surface area (Å²) in [7, 11) is 0. The third kappa shape index (κ3) is 7.65. The Morgan fingerprint density at radius 3 is 2.83 bits per heavy atom. The SMILES string of the molecule is CCNC(=NCCn1cc([N+](=O)[O-])cn1)N1CCC(OCC2CCCCO2)CC1.I. The molecule has 1 N–H and O–H groups in total. The second kappa shape index (κ2) is 13.1. The molecule has 0 radical (unpaired) electrons. The fraction of sp³-hybridized carbons (Fsp3) is 0.789. The maximum atomic E-state index is 10.7. The van der Waals surface area contributed by atoms with E-state index in [1.54, 1.807) is 4.68 Å². The first-order valence-electron chi connectivity index (χ1n) is 10.6. The van der Waals surface area contributed by atoms with Crippen molar-refractivity contribution < 1.29 is 14.4 Å². The maximum absolute atomic E-state index is 10.7. The topological polar surface area (TPSA) is 107 Å². The van der Waals surface area contributed by atoms with Crippen LogP contribution in [0.5, 0.6) is 0 Å². The highest BCUT2D eigenvalue weighted by atomic mass is 127. The molecule has 0 saturated carbocycles. The van der Waals surface area contributed by atoms with Crippen molar-refractivity contribution in [3.63, 3.8) is 0 Å². The number of hydrogen-bond acceptors (Lipinski definition) is 6. The van der Waals surface area contributed by atoms with Gasteiger partial charge >= 0.3 is 5.69 Å². The normalized spacial score (nSPS) is 20.6. The molecule has 0 aliphatic carbocycles. The minimum absolute atomic E-state index is 0. The van der Waals surface area contributed by atoms with Gasteiger partial charge in [0.25, 0.3) is 0 Å². The van der Waals surface area contributed by atoms with Gasteiger partial charge in [0.2, 0.25) is 0 Å². The third-order valence-electron chi connectivity index (χ3n) is 5.29. The summed E-state index contributed by atoms with van der Waals surface area (Å²) in [6.45, 7) is 7.22. The Hall–Kier alpha value is -1.47. The summed E-state index contributed by atoms with van der Waals surface area (Å²) in [5, 5.41) is 18.1. The molecule has 2 aliphatic heterocycles. The first kappa shape index (κ1) is 24.8. The number of nitro groups is 1. The second-order valence-corrected chi connectivity index (χ2v) is 7.46. The number of ether oxygens (including phenoxy) is 2. The fourth-order valence-electron chi connectivity index (χ4n) is 3.67. The molecule has 170 valence electrons. The third-order valence-corrected chi connectivity index (χ3v) is 5.29. The van der Waals surface area contributed by atoms with Crippen molar-refractivity contribution in [3.05, 3.63) is 22.5 Å². The van der Waals surface area contributed by atoms with Crippen LogP contribution in [0.4, 0.5) is 5.69 Å². The van der Waals surface area contributed by atoms with Crippen LogP contribution < -0.4 is 5.32 Å². The molecule has 0 aromatic carbocycles. The Morgan fingerprint density at radius 1 is 1.40 bits per heavy atom. The highest BCUT2D eigenvalue weighted by molar-refractivity contribution is 14.0. The Kier molecular flexibility index (Phi) is 10.8. The highest BCUT2D eigenvalue weighted by Crippen LogP contribution is 2.18. The zero-order valence-electron chi connectivity index (χ0n) is 17.6. The van der Waals surface area contributed by atoms with E-state index in [0.29, 0.717) is 19.7 Å². The zero-order chi connectivity index (χ0) is 20.5. The fourth-order valence-corrected chi connectivity index (χ4v) is 3.67. The van der Waals surface area contributed by atoms with Gasteiger partial charge in [0.1, 0.15) is 12.4 Å². The molecule has 3 heterocycles. The predicted octanol–water partition coefficient (Wildman–Crippen LogP) is 2.42. The van der Waals surface area contributed by atoms with Gasteiger partial charge in [-0.25, -0.2) is 0 Å². The minimum atomic E-state index is -0.441. The standard InChI is InChI=1S/C19H32N6O4.HI/c1-2-20-19(21-8-11-24-14-16(13-22-24)25(26)27)23-9-6-17(7-10-23)29-15-18-5-3-4-12-28-18;/h13-14,17-18H,2-12,15H2,1H3,(H,20,21);1H. The molecule has 2 aliphatic rings. The van der Waals surface area contributed by atoms with Gasteiger partial charge in [-0.05, 0) is 39.0 Å². The molecule has 1 aromatic heterocycles. The average molecular weight is 536 g/mol. The van der Waals surface area contributed by atoms with Crippen molar-refractivity contribution in [3.8, 4) is 0 Å². The molecule has 1 atom stereocenters. The van der Waals surface area contributed by atoms with Crippen molar-refractivity contribution in [1.29, 1.82) is 0 Å². The zero-order valence-corrected chi connectivity index (χ0v) is 19.9. The van der Waals surface area contributed by atoms with E-state index in [1.165, 1.54) is 25.2 Å². The minimum Gasteiger partial charge on any atom is -0.376 e. The van der Waals surface area contributed by atoms with Crippen molar-refractivity contribution in [2.24, 2.45) is 4.99 Å². The molecule has 1 unspecified atom stereocenters. The summed E-state index contributed by atoms with van der Waals surface area (Å²) >= 11 is 0. The molecule has 2 fully saturated rings. The number of hydrogen-bond donors (Lipinski definition) is 1. The molecular weight excluding hydrogens is 503 g/mol. The van der Waals surface area contributed by atoms with Gasteiger partial charge in [-0.15, -0.1) is 24.0 Å². The van der Waals surface area contributed by atoms with Crippen LogP contribution in [0.15, 0.2) is 17.4 Å². The molecule has 0 amide bonds. The number of likely N-dealkylation sites (tertiary alicyclic amines) is 1. The number of aliphatic imine (C=N–C) groups is 1. The largest absolute Gasteiger partial charge is 0.376 e. The van der Waals surface area contributed by atoms with Gasteiger partial charge in [-0.2, -0.15) is 5.10 Å². The molecule has 0 bridgehead atoms. The van der Waals surface area contributed by atoms with Gasteiger partial charge in [0.15, 0.2) is 5.96 Å². The average Bonchev–Trinajstić information content (AvgIpc) is 3.22. The van der Waals surface area contributed by atoms with Crippen LogP contribution in [-0.2, 0) is 16.0 Å². The van der Waals surface area contributed by atoms with Crippen molar-refractivity contribution >= 4 is 35.6 Å². The van der Waals surface area contributed by atoms with E-state index >= 15 is 0 Å². The van der Waals surface area contributed by atoms with E-state index in [9.17, 15) is 10.1 Å². The van der Waals surface area contributed by atoms with Gasteiger partial charge in [-0.1, -0.05) is 0 Å². The predicted molar refractivity (Wildman–Crippen MR) is 124 cm³/mol. The summed E-state index contributed by atoms with van der Waals surface area (Å²) in [5.41, 5.74) is 0.00147. The first-order chi connectivity index (χ1) is 14.2. The Labute approximate surface area is 194 Å². The van der Waals surface area contributed by atoms with E-state index in [2.05, 4.69) is 20.3 Å². The monoisotopic (exact) mass is 536 g/mol. The molecule has 30 heavy (non-hydrogen) atoms. The van der Waals surface area contributed by atoms with E-state index in [-0.39, 0.29) is 41.9 Å². The van der Waals surface area contributed by atoms with E-state index in [0.717, 1.165) is 51.5 Å². The Balaban J connectivity index is 0.00000320. The first-order valence-corrected chi connectivity index (χ1v) is 10.6. The lowest BCUT2D eigenvalue weighted by Crippen LogP contribution is -2.47. The number of nitrogens with one attached hydrogen (secondary N) is 1. The van der Waals surface area contributed by atoms with Gasteiger partial charge in [0, 0.05) is 26.2 Å². The highest BCUT2D eigenvalue weighted by Gasteiger charge is 2.23. The molecule has 0 spiro atoms. The molecule has 10 nitrogen and oxygen atoms in total. The number of halogens is 1. The van der Waals surface area contributed by atoms with Crippen LogP contribution in [0.3, 0.4) is 0 Å². The number of aromatic nitrogens is 2. The number of nitrogens with zero attached hydrogens (tertiary/aromatic N) is 5. The van der Waals surface area contributed by atoms with E-state index in [1.807, 2.05) is 6.92 Å². The summed E-state index contributed by atoms with van der Waals surface area (Å²) in [5.74, 6) is 0.878. The Bertz CT molecular complexity index is 672. The lowest BCUT2D eigenvalue weighted by Gasteiger charge is -2.35. The van der Waals surface area contributed by atoms with Gasteiger partial charge < -0.3 is 19.7 Å². The number of piperidine rings is 1. The lowest BCUT2D eigenvalue weighted by atomic mass is 10.1. The van der Waals surface area contributed by atoms with Crippen LogP contribution in [0.1, 0.15) is 39.0 Å².